The molecule has 0 aliphatic rings. The van der Waals surface area contributed by atoms with Gasteiger partial charge in [0.2, 0.25) is 5.91 Å². The summed E-state index contributed by atoms with van der Waals surface area (Å²) < 4.78 is 77.8. The zero-order valence-corrected chi connectivity index (χ0v) is 24.0. The maximum atomic E-state index is 13.3. The Morgan fingerprint density at radius 2 is 1.73 bits per heavy atom. The van der Waals surface area contributed by atoms with Crippen LogP contribution in [0.3, 0.4) is 0 Å². The van der Waals surface area contributed by atoms with Gasteiger partial charge in [0.1, 0.15) is 11.3 Å². The summed E-state index contributed by atoms with van der Waals surface area (Å²) in [4.78, 5) is 28.1. The number of nitrogens with one attached hydrogen (secondary N) is 3. The Morgan fingerprint density at radius 3 is 2.32 bits per heavy atom. The Balaban J connectivity index is 1.63. The Labute approximate surface area is 239 Å². The minimum atomic E-state index is -4.83. The molecular weight excluding hydrogens is 589 g/mol. The van der Waals surface area contributed by atoms with Gasteiger partial charge in [0.05, 0.1) is 12.5 Å². The van der Waals surface area contributed by atoms with Gasteiger partial charge in [-0.05, 0) is 51.0 Å². The molecule has 3 aromatic rings. The zero-order valence-electron chi connectivity index (χ0n) is 22.4. The number of nitrogens with zero attached hydrogens (tertiary/aromatic N) is 1. The highest BCUT2D eigenvalue weighted by atomic mass is 35.5. The second kappa shape index (κ2) is 12.5. The second-order valence-electron chi connectivity index (χ2n) is 9.91. The van der Waals surface area contributed by atoms with Gasteiger partial charge >= 0.3 is 28.4 Å². The van der Waals surface area contributed by atoms with Crippen molar-refractivity contribution in [3.8, 4) is 11.3 Å². The van der Waals surface area contributed by atoms with Gasteiger partial charge in [-0.3, -0.25) is 4.79 Å². The number of alkyl halides is 3. The van der Waals surface area contributed by atoms with Crippen LogP contribution in [-0.4, -0.2) is 31.0 Å². The van der Waals surface area contributed by atoms with E-state index in [2.05, 4.69) is 15.0 Å². The van der Waals surface area contributed by atoms with Crippen LogP contribution in [0.15, 0.2) is 52.9 Å². The number of hydrogen-bond acceptors (Lipinski definition) is 7. The van der Waals surface area contributed by atoms with Crippen molar-refractivity contribution in [2.45, 2.75) is 58.5 Å². The first-order chi connectivity index (χ1) is 18.9. The predicted octanol–water partition coefficient (Wildman–Crippen LogP) is 5.29. The summed E-state index contributed by atoms with van der Waals surface area (Å²) in [7, 11) is -4.19. The normalized spacial score (nSPS) is 13.0. The molecule has 0 radical (unpaired) electrons. The van der Waals surface area contributed by atoms with E-state index in [-0.39, 0.29) is 24.5 Å². The molecule has 1 atom stereocenters. The lowest BCUT2D eigenvalue weighted by Crippen LogP contribution is -2.42. The molecule has 222 valence electrons. The van der Waals surface area contributed by atoms with E-state index >= 15 is 0 Å². The zero-order chi connectivity index (χ0) is 30.6. The fourth-order valence-electron chi connectivity index (χ4n) is 3.47. The average molecular weight is 617 g/mol. The molecule has 0 fully saturated rings. The quantitative estimate of drug-likeness (QED) is 0.297. The highest BCUT2D eigenvalue weighted by molar-refractivity contribution is 7.88. The molecule has 0 bridgehead atoms. The summed E-state index contributed by atoms with van der Waals surface area (Å²) in [6, 6.07) is 12.4. The van der Waals surface area contributed by atoms with Crippen molar-refractivity contribution in [2.75, 3.05) is 0 Å². The number of amides is 2. The summed E-state index contributed by atoms with van der Waals surface area (Å²) in [5, 5.41) is 2.85. The van der Waals surface area contributed by atoms with Crippen LogP contribution in [0.1, 0.15) is 56.4 Å². The topological polar surface area (TPSA) is 140 Å². The number of hydrogen-bond donors (Lipinski definition) is 3. The van der Waals surface area contributed by atoms with Crippen molar-refractivity contribution in [3.05, 3.63) is 76.3 Å². The third kappa shape index (κ3) is 9.47. The van der Waals surface area contributed by atoms with Gasteiger partial charge in [-0.2, -0.15) is 26.3 Å². The first-order valence-corrected chi connectivity index (χ1v) is 14.0. The first-order valence-electron chi connectivity index (χ1n) is 12.1. The molecule has 1 unspecified atom stereocenters. The van der Waals surface area contributed by atoms with Crippen LogP contribution in [0, 0.1) is 0 Å². The molecule has 0 aliphatic heterocycles. The smallest absolute Gasteiger partial charge is 0.443 e. The molecule has 41 heavy (non-hydrogen) atoms. The van der Waals surface area contributed by atoms with Crippen LogP contribution in [0.5, 0.6) is 0 Å². The van der Waals surface area contributed by atoms with Crippen LogP contribution in [-0.2, 0) is 39.0 Å². The molecular formula is C26H28ClF3N4O6S. The van der Waals surface area contributed by atoms with Gasteiger partial charge in [-0.25, -0.2) is 14.5 Å². The lowest BCUT2D eigenvalue weighted by Gasteiger charge is -2.19. The number of benzene rings is 2. The van der Waals surface area contributed by atoms with Crippen LogP contribution in [0.25, 0.3) is 11.3 Å². The van der Waals surface area contributed by atoms with E-state index in [4.69, 9.17) is 20.8 Å². The van der Waals surface area contributed by atoms with Gasteiger partial charge < -0.3 is 14.5 Å². The number of carbonyl (C=O) groups excluding carboxylic acids is 2. The van der Waals surface area contributed by atoms with Gasteiger partial charge in [0.25, 0.3) is 0 Å². The Morgan fingerprint density at radius 1 is 1.07 bits per heavy atom. The maximum Gasteiger partial charge on any atom is 0.468 e. The molecule has 15 heteroatoms. The van der Waals surface area contributed by atoms with E-state index in [1.807, 2.05) is 0 Å². The van der Waals surface area contributed by atoms with E-state index < -0.39 is 45.8 Å². The Hall–Kier alpha value is -3.62. The van der Waals surface area contributed by atoms with Crippen molar-refractivity contribution in [1.82, 2.24) is 19.7 Å². The largest absolute Gasteiger partial charge is 0.468 e. The van der Waals surface area contributed by atoms with Crippen molar-refractivity contribution < 1.29 is 40.3 Å². The van der Waals surface area contributed by atoms with E-state index in [0.717, 1.165) is 0 Å². The molecule has 10 nitrogen and oxygen atoms in total. The summed E-state index contributed by atoms with van der Waals surface area (Å²) in [6.07, 6.45) is -5.95. The number of ether oxygens (including phenoxy) is 1. The van der Waals surface area contributed by atoms with Crippen molar-refractivity contribution in [3.63, 3.8) is 0 Å². The lowest BCUT2D eigenvalue weighted by molar-refractivity contribution is -0.157. The number of carbonyl (C=O) groups is 2. The van der Waals surface area contributed by atoms with Crippen molar-refractivity contribution >= 4 is 33.8 Å². The summed E-state index contributed by atoms with van der Waals surface area (Å²) in [5.41, 5.74) is 0.410. The Kier molecular flexibility index (Phi) is 9.72. The van der Waals surface area contributed by atoms with E-state index in [1.54, 1.807) is 68.8 Å². The molecule has 2 aromatic carbocycles. The van der Waals surface area contributed by atoms with E-state index in [0.29, 0.717) is 21.7 Å². The lowest BCUT2D eigenvalue weighted by atomic mass is 9.99. The summed E-state index contributed by atoms with van der Waals surface area (Å²) in [5.74, 6) is -2.85. The average Bonchev–Trinajstić information content (AvgIpc) is 3.29. The SMILES string of the molecule is CC(C(=O)NCc1oc(C(F)(F)F)nc1-c1cccc(Cl)c1)c1ccc(CNS(=O)(=O)NC(=O)OC(C)(C)C)cc1. The van der Waals surface area contributed by atoms with Gasteiger partial charge in [-0.15, -0.1) is 0 Å². The third-order valence-electron chi connectivity index (χ3n) is 5.42. The molecule has 0 spiro atoms. The number of rotatable bonds is 9. The standard InChI is InChI=1S/C26H28ClF3N4O6S/c1-15(17-10-8-16(9-11-17)13-32-41(37,38)34-24(36)40-25(2,3)4)22(35)31-14-20-21(18-6-5-7-19(27)12-18)33-23(39-20)26(28,29)30/h5-12,15,32H,13-14H2,1-4H3,(H,31,35)(H,34,36). The number of oxazole rings is 1. The minimum absolute atomic E-state index is 0.0965. The van der Waals surface area contributed by atoms with E-state index in [9.17, 15) is 31.2 Å². The van der Waals surface area contributed by atoms with E-state index in [1.165, 1.54) is 12.1 Å². The highest BCUT2D eigenvalue weighted by Gasteiger charge is 2.39. The predicted molar refractivity (Wildman–Crippen MR) is 144 cm³/mol. The van der Waals surface area contributed by atoms with Crippen molar-refractivity contribution in [2.24, 2.45) is 0 Å². The fourth-order valence-corrected chi connectivity index (χ4v) is 4.35. The van der Waals surface area contributed by atoms with Crippen molar-refractivity contribution in [1.29, 1.82) is 0 Å². The summed E-state index contributed by atoms with van der Waals surface area (Å²) >= 11 is 5.97. The highest BCUT2D eigenvalue weighted by Crippen LogP contribution is 2.34. The third-order valence-corrected chi connectivity index (χ3v) is 6.61. The Bertz CT molecular complexity index is 1500. The molecule has 3 rings (SSSR count). The van der Waals surface area contributed by atoms with Crippen LogP contribution >= 0.6 is 11.6 Å². The fraction of sp³-hybridized carbons (Fsp3) is 0.346. The molecule has 2 amide bonds. The molecule has 0 saturated carbocycles. The van der Waals surface area contributed by atoms with Crippen LogP contribution in [0.2, 0.25) is 5.02 Å². The van der Waals surface area contributed by atoms with Crippen LogP contribution < -0.4 is 14.8 Å². The van der Waals surface area contributed by atoms with Gasteiger partial charge in [-0.1, -0.05) is 48.0 Å². The monoisotopic (exact) mass is 616 g/mol. The molecule has 0 aliphatic carbocycles. The summed E-state index contributed by atoms with van der Waals surface area (Å²) in [6.45, 7) is 5.84. The second-order valence-corrected chi connectivity index (χ2v) is 11.8. The molecule has 0 saturated heterocycles. The minimum Gasteiger partial charge on any atom is -0.443 e. The first kappa shape index (κ1) is 31.9. The van der Waals surface area contributed by atoms with Gasteiger partial charge in [0, 0.05) is 17.1 Å². The maximum absolute atomic E-state index is 13.3. The molecule has 3 N–H and O–H groups in total. The van der Waals surface area contributed by atoms with Gasteiger partial charge in [0.15, 0.2) is 5.76 Å². The number of halogens is 4. The molecule has 1 aromatic heterocycles. The number of aromatic nitrogens is 1. The molecule has 1 heterocycles. The van der Waals surface area contributed by atoms with Crippen LogP contribution in [0.4, 0.5) is 18.0 Å².